The lowest BCUT2D eigenvalue weighted by Crippen LogP contribution is -2.60. The topological polar surface area (TPSA) is 82.1 Å². The number of halogens is 4. The molecule has 2 aromatic carbocycles. The zero-order valence-corrected chi connectivity index (χ0v) is 22.2. The van der Waals surface area contributed by atoms with Crippen LogP contribution in [0.25, 0.3) is 0 Å². The molecule has 7 nitrogen and oxygen atoms in total. The standard InChI is InChI=1S/C29H33F4N3O4/c1-18-16-35(9-10-36(18)24-4-2-3-20(13-24)26(37)38)25-7-8-28(40-17-25,21-5-6-21)27(39)34-15-19-11-22(29(31,32)33)14-23(30)12-19/h2-4,11-14,18,21,25H,5-10,15-17H2,1H3,(H,34,39)(H,37,38)/t18-,25+,28-/m0/s1. The van der Waals surface area contributed by atoms with E-state index in [1.54, 1.807) is 18.2 Å². The first kappa shape index (κ1) is 28.4. The summed E-state index contributed by atoms with van der Waals surface area (Å²) in [7, 11) is 0. The van der Waals surface area contributed by atoms with Gasteiger partial charge in [-0.3, -0.25) is 9.69 Å². The summed E-state index contributed by atoms with van der Waals surface area (Å²) < 4.78 is 59.3. The molecule has 0 spiro atoms. The zero-order chi connectivity index (χ0) is 28.7. The molecule has 2 heterocycles. The molecule has 3 atom stereocenters. The van der Waals surface area contributed by atoms with Crippen molar-refractivity contribution < 1.29 is 37.0 Å². The van der Waals surface area contributed by atoms with Crippen molar-refractivity contribution in [2.24, 2.45) is 5.92 Å². The lowest BCUT2D eigenvalue weighted by atomic mass is 9.85. The van der Waals surface area contributed by atoms with Crippen molar-refractivity contribution >= 4 is 17.6 Å². The molecule has 1 aliphatic carbocycles. The third kappa shape index (κ3) is 5.95. The highest BCUT2D eigenvalue weighted by Crippen LogP contribution is 2.47. The maximum absolute atomic E-state index is 13.8. The van der Waals surface area contributed by atoms with E-state index in [2.05, 4.69) is 22.0 Å². The summed E-state index contributed by atoms with van der Waals surface area (Å²) in [6, 6.07) is 9.48. The van der Waals surface area contributed by atoms with Crippen LogP contribution in [0.2, 0.25) is 0 Å². The van der Waals surface area contributed by atoms with E-state index in [9.17, 15) is 32.3 Å². The van der Waals surface area contributed by atoms with Gasteiger partial charge < -0.3 is 20.1 Å². The number of anilines is 1. The molecule has 1 saturated carbocycles. The Kier molecular flexibility index (Phi) is 7.80. The summed E-state index contributed by atoms with van der Waals surface area (Å²) in [5.74, 6) is -2.26. The number of nitrogens with zero attached hydrogens (tertiary/aromatic N) is 2. The number of benzene rings is 2. The van der Waals surface area contributed by atoms with Gasteiger partial charge in [-0.2, -0.15) is 13.2 Å². The van der Waals surface area contributed by atoms with Crippen LogP contribution in [-0.4, -0.2) is 65.8 Å². The van der Waals surface area contributed by atoms with Gasteiger partial charge in [0.1, 0.15) is 11.4 Å². The number of piperazine rings is 1. The molecule has 0 unspecified atom stereocenters. The molecule has 2 aliphatic heterocycles. The second-order valence-electron chi connectivity index (χ2n) is 11.1. The van der Waals surface area contributed by atoms with E-state index in [0.29, 0.717) is 19.1 Å². The Bertz CT molecular complexity index is 1260. The number of hydrogen-bond acceptors (Lipinski definition) is 5. The first-order valence-electron chi connectivity index (χ1n) is 13.6. The summed E-state index contributed by atoms with van der Waals surface area (Å²) in [6.07, 6.45) is -1.74. The second kappa shape index (κ2) is 11.0. The van der Waals surface area contributed by atoms with Gasteiger partial charge in [0.2, 0.25) is 0 Å². The number of nitrogens with one attached hydrogen (secondary N) is 1. The molecule has 216 valence electrons. The highest BCUT2D eigenvalue weighted by molar-refractivity contribution is 5.89. The number of ether oxygens (including phenoxy) is 1. The van der Waals surface area contributed by atoms with Crippen molar-refractivity contribution in [3.05, 3.63) is 65.0 Å². The minimum Gasteiger partial charge on any atom is -0.478 e. The van der Waals surface area contributed by atoms with E-state index in [0.717, 1.165) is 56.7 Å². The lowest BCUT2D eigenvalue weighted by molar-refractivity contribution is -0.165. The zero-order valence-electron chi connectivity index (χ0n) is 22.2. The normalized spacial score (nSPS) is 26.0. The maximum atomic E-state index is 13.8. The van der Waals surface area contributed by atoms with Gasteiger partial charge in [0.25, 0.3) is 5.91 Å². The van der Waals surface area contributed by atoms with Crippen LogP contribution in [0.1, 0.15) is 54.1 Å². The maximum Gasteiger partial charge on any atom is 0.416 e. The fourth-order valence-corrected chi connectivity index (χ4v) is 6.07. The van der Waals surface area contributed by atoms with E-state index in [-0.39, 0.29) is 41.6 Å². The number of rotatable bonds is 7. The predicted molar refractivity (Wildman–Crippen MR) is 139 cm³/mol. The Balaban J connectivity index is 1.19. The van der Waals surface area contributed by atoms with E-state index < -0.39 is 29.1 Å². The van der Waals surface area contributed by atoms with Crippen LogP contribution in [0.5, 0.6) is 0 Å². The third-order valence-electron chi connectivity index (χ3n) is 8.34. The highest BCUT2D eigenvalue weighted by Gasteiger charge is 2.54. The SMILES string of the molecule is C[C@H]1CN([C@@H]2CC[C@@](C(=O)NCc3cc(F)cc(C(F)(F)F)c3)(C3CC3)OC2)CCN1c1cccc(C(=O)O)c1. The molecule has 3 aliphatic rings. The van der Waals surface area contributed by atoms with Crippen molar-refractivity contribution in [3.8, 4) is 0 Å². The van der Waals surface area contributed by atoms with Gasteiger partial charge in [-0.15, -0.1) is 0 Å². The van der Waals surface area contributed by atoms with Crippen LogP contribution in [0.4, 0.5) is 23.2 Å². The van der Waals surface area contributed by atoms with Gasteiger partial charge in [-0.25, -0.2) is 9.18 Å². The Labute approximate surface area is 230 Å². The number of carbonyl (C=O) groups is 2. The number of carboxylic acids is 1. The summed E-state index contributed by atoms with van der Waals surface area (Å²) in [5, 5.41) is 12.0. The molecule has 0 bridgehead atoms. The first-order chi connectivity index (χ1) is 19.0. The minimum absolute atomic E-state index is 0.0426. The quantitative estimate of drug-likeness (QED) is 0.476. The number of carbonyl (C=O) groups excluding carboxylic acids is 1. The molecule has 0 aromatic heterocycles. The Hall–Kier alpha value is -3.18. The van der Waals surface area contributed by atoms with E-state index >= 15 is 0 Å². The molecule has 11 heteroatoms. The van der Waals surface area contributed by atoms with Gasteiger partial charge in [0.05, 0.1) is 17.7 Å². The molecule has 2 N–H and O–H groups in total. The molecule has 1 amide bonds. The lowest BCUT2D eigenvalue weighted by Gasteiger charge is -2.48. The largest absolute Gasteiger partial charge is 0.478 e. The van der Waals surface area contributed by atoms with Crippen LogP contribution < -0.4 is 10.2 Å². The molecule has 2 aromatic rings. The number of alkyl halides is 3. The minimum atomic E-state index is -4.68. The number of amides is 1. The van der Waals surface area contributed by atoms with Crippen molar-refractivity contribution in [2.75, 3.05) is 31.1 Å². The van der Waals surface area contributed by atoms with Crippen molar-refractivity contribution in [1.82, 2.24) is 10.2 Å². The van der Waals surface area contributed by atoms with E-state index in [4.69, 9.17) is 4.74 Å². The van der Waals surface area contributed by atoms with Gasteiger partial charge in [-0.1, -0.05) is 6.07 Å². The summed E-state index contributed by atoms with van der Waals surface area (Å²) in [6.45, 7) is 4.49. The second-order valence-corrected chi connectivity index (χ2v) is 11.1. The fourth-order valence-electron chi connectivity index (χ4n) is 6.07. The van der Waals surface area contributed by atoms with Crippen LogP contribution in [-0.2, 0) is 22.3 Å². The Morgan fingerprint density at radius 3 is 2.52 bits per heavy atom. The van der Waals surface area contributed by atoms with Crippen molar-refractivity contribution in [1.29, 1.82) is 0 Å². The number of hydrogen-bond donors (Lipinski definition) is 2. The average Bonchev–Trinajstić information content (AvgIpc) is 3.77. The predicted octanol–water partition coefficient (Wildman–Crippen LogP) is 4.70. The van der Waals surface area contributed by atoms with Crippen molar-refractivity contribution in [3.63, 3.8) is 0 Å². The molecular weight excluding hydrogens is 530 g/mol. The average molecular weight is 564 g/mol. The summed E-state index contributed by atoms with van der Waals surface area (Å²) >= 11 is 0. The Morgan fingerprint density at radius 1 is 1.12 bits per heavy atom. The monoisotopic (exact) mass is 563 g/mol. The smallest absolute Gasteiger partial charge is 0.416 e. The van der Waals surface area contributed by atoms with E-state index in [1.807, 2.05) is 6.07 Å². The van der Waals surface area contributed by atoms with Crippen LogP contribution in [0.3, 0.4) is 0 Å². The van der Waals surface area contributed by atoms with Gasteiger partial charge >= 0.3 is 12.1 Å². The summed E-state index contributed by atoms with van der Waals surface area (Å²) in [5.41, 5.74) is -0.949. The first-order valence-corrected chi connectivity index (χ1v) is 13.6. The van der Waals surface area contributed by atoms with Gasteiger partial charge in [-0.05, 0) is 80.5 Å². The Morgan fingerprint density at radius 2 is 1.90 bits per heavy atom. The molecule has 5 rings (SSSR count). The molecule has 40 heavy (non-hydrogen) atoms. The van der Waals surface area contributed by atoms with Crippen LogP contribution in [0.15, 0.2) is 42.5 Å². The van der Waals surface area contributed by atoms with Crippen molar-refractivity contribution in [2.45, 2.75) is 63.0 Å². The van der Waals surface area contributed by atoms with E-state index in [1.165, 1.54) is 0 Å². The van der Waals surface area contributed by atoms with Crippen LogP contribution in [0, 0.1) is 11.7 Å². The number of aromatic carboxylic acids is 1. The summed E-state index contributed by atoms with van der Waals surface area (Å²) in [4.78, 5) is 29.3. The highest BCUT2D eigenvalue weighted by atomic mass is 19.4. The van der Waals surface area contributed by atoms with Gasteiger partial charge in [0.15, 0.2) is 0 Å². The third-order valence-corrected chi connectivity index (χ3v) is 8.34. The fraction of sp³-hybridized carbons (Fsp3) is 0.517. The van der Waals surface area contributed by atoms with Crippen LogP contribution >= 0.6 is 0 Å². The molecule has 2 saturated heterocycles. The van der Waals surface area contributed by atoms with Gasteiger partial charge in [0, 0.05) is 44.0 Å². The number of carboxylic acid groups (broad SMARTS) is 1. The molecule has 0 radical (unpaired) electrons. The molecular formula is C29H33F4N3O4. The molecule has 3 fully saturated rings.